The van der Waals surface area contributed by atoms with Crippen LogP contribution in [0.2, 0.25) is 0 Å². The molecule has 0 saturated carbocycles. The van der Waals surface area contributed by atoms with Gasteiger partial charge in [-0.25, -0.2) is 0 Å². The number of carbonyl (C=O) groups is 1. The van der Waals surface area contributed by atoms with E-state index in [1.54, 1.807) is 14.2 Å². The number of nitrogens with zero attached hydrogens (tertiary/aromatic N) is 1. The van der Waals surface area contributed by atoms with Crippen molar-refractivity contribution < 1.29 is 19.4 Å². The van der Waals surface area contributed by atoms with Gasteiger partial charge in [-0.1, -0.05) is 29.8 Å². The summed E-state index contributed by atoms with van der Waals surface area (Å²) < 4.78 is 11.1. The van der Waals surface area contributed by atoms with Crippen LogP contribution in [0, 0.1) is 12.8 Å². The topological polar surface area (TPSA) is 59.0 Å². The van der Waals surface area contributed by atoms with E-state index in [9.17, 15) is 9.90 Å². The maximum Gasteiger partial charge on any atom is 0.306 e. The molecule has 1 fully saturated rings. The molecule has 1 heterocycles. The van der Waals surface area contributed by atoms with Crippen LogP contribution in [0.5, 0.6) is 11.5 Å². The van der Waals surface area contributed by atoms with Crippen LogP contribution in [0.1, 0.15) is 35.6 Å². The average molecular weight is 369 g/mol. The molecular formula is C22H27NO4. The molecule has 1 atom stereocenters. The summed E-state index contributed by atoms with van der Waals surface area (Å²) in [4.78, 5) is 13.7. The first-order valence-electron chi connectivity index (χ1n) is 9.29. The van der Waals surface area contributed by atoms with Crippen molar-refractivity contribution in [3.05, 3.63) is 59.2 Å². The van der Waals surface area contributed by atoms with Crippen molar-refractivity contribution >= 4 is 5.97 Å². The van der Waals surface area contributed by atoms with Gasteiger partial charge in [0.05, 0.1) is 26.2 Å². The monoisotopic (exact) mass is 369 g/mol. The zero-order valence-corrected chi connectivity index (χ0v) is 16.1. The maximum absolute atomic E-state index is 11.3. The maximum atomic E-state index is 11.3. The van der Waals surface area contributed by atoms with Gasteiger partial charge < -0.3 is 14.6 Å². The third kappa shape index (κ3) is 4.25. The van der Waals surface area contributed by atoms with E-state index in [2.05, 4.69) is 36.1 Å². The highest BCUT2D eigenvalue weighted by molar-refractivity contribution is 5.70. The van der Waals surface area contributed by atoms with Gasteiger partial charge in [0.2, 0.25) is 0 Å². The van der Waals surface area contributed by atoms with E-state index in [4.69, 9.17) is 9.47 Å². The van der Waals surface area contributed by atoms with Crippen molar-refractivity contribution in [2.45, 2.75) is 25.8 Å². The van der Waals surface area contributed by atoms with Crippen molar-refractivity contribution in [3.8, 4) is 11.5 Å². The van der Waals surface area contributed by atoms with Crippen LogP contribution < -0.4 is 9.47 Å². The molecule has 5 nitrogen and oxygen atoms in total. The number of likely N-dealkylation sites (tertiary alicyclic amines) is 1. The summed E-state index contributed by atoms with van der Waals surface area (Å²) in [6.07, 6.45) is 1.31. The molecule has 0 radical (unpaired) electrons. The smallest absolute Gasteiger partial charge is 0.306 e. The SMILES string of the molecule is COc1ccc(OC)c(C(c2ccc(C)cc2)N2CCC(C(=O)O)CC2)c1. The largest absolute Gasteiger partial charge is 0.497 e. The highest BCUT2D eigenvalue weighted by Gasteiger charge is 2.31. The Morgan fingerprint density at radius 3 is 2.30 bits per heavy atom. The summed E-state index contributed by atoms with van der Waals surface area (Å²) >= 11 is 0. The van der Waals surface area contributed by atoms with Gasteiger partial charge in [0.15, 0.2) is 0 Å². The first-order valence-corrected chi connectivity index (χ1v) is 9.29. The molecule has 2 aromatic carbocycles. The lowest BCUT2D eigenvalue weighted by atomic mass is 9.90. The predicted octanol–water partition coefficient (Wildman–Crippen LogP) is 3.90. The highest BCUT2D eigenvalue weighted by Crippen LogP contribution is 2.39. The molecule has 2 aromatic rings. The van der Waals surface area contributed by atoms with E-state index in [0.29, 0.717) is 12.8 Å². The third-order valence-corrected chi connectivity index (χ3v) is 5.37. The molecule has 144 valence electrons. The van der Waals surface area contributed by atoms with Crippen LogP contribution in [0.25, 0.3) is 0 Å². The van der Waals surface area contributed by atoms with Gasteiger partial charge in [0.25, 0.3) is 0 Å². The number of benzene rings is 2. The lowest BCUT2D eigenvalue weighted by Gasteiger charge is -2.37. The van der Waals surface area contributed by atoms with E-state index < -0.39 is 5.97 Å². The Kier molecular flexibility index (Phi) is 6.01. The van der Waals surface area contributed by atoms with Crippen LogP contribution in [0.15, 0.2) is 42.5 Å². The standard InChI is InChI=1S/C22H27NO4/c1-15-4-6-16(7-5-15)21(23-12-10-17(11-13-23)22(24)25)19-14-18(26-2)8-9-20(19)27-3/h4-9,14,17,21H,10-13H2,1-3H3,(H,24,25). The normalized spacial score (nSPS) is 16.7. The molecule has 0 bridgehead atoms. The van der Waals surface area contributed by atoms with Gasteiger partial charge in [-0.15, -0.1) is 0 Å². The third-order valence-electron chi connectivity index (χ3n) is 5.37. The first-order chi connectivity index (χ1) is 13.0. The fraction of sp³-hybridized carbons (Fsp3) is 0.409. The Labute approximate surface area is 160 Å². The van der Waals surface area contributed by atoms with Crippen molar-refractivity contribution in [3.63, 3.8) is 0 Å². The van der Waals surface area contributed by atoms with Gasteiger partial charge in [-0.3, -0.25) is 9.69 Å². The Morgan fingerprint density at radius 1 is 1.07 bits per heavy atom. The van der Waals surface area contributed by atoms with E-state index in [-0.39, 0.29) is 12.0 Å². The molecule has 3 rings (SSSR count). The average Bonchev–Trinajstić information content (AvgIpc) is 2.70. The summed E-state index contributed by atoms with van der Waals surface area (Å²) in [5, 5.41) is 9.32. The van der Waals surface area contributed by atoms with Crippen LogP contribution in [0.3, 0.4) is 0 Å². The van der Waals surface area contributed by atoms with Crippen molar-refractivity contribution in [1.29, 1.82) is 0 Å². The predicted molar refractivity (Wildman–Crippen MR) is 105 cm³/mol. The minimum Gasteiger partial charge on any atom is -0.497 e. The fourth-order valence-corrected chi connectivity index (χ4v) is 3.79. The summed E-state index contributed by atoms with van der Waals surface area (Å²) in [7, 11) is 3.33. The van der Waals surface area contributed by atoms with Crippen LogP contribution in [0.4, 0.5) is 0 Å². The number of rotatable bonds is 6. The molecule has 1 aliphatic rings. The van der Waals surface area contributed by atoms with Gasteiger partial charge >= 0.3 is 5.97 Å². The minimum absolute atomic E-state index is 0.00889. The number of hydrogen-bond donors (Lipinski definition) is 1. The lowest BCUT2D eigenvalue weighted by Crippen LogP contribution is -2.39. The minimum atomic E-state index is -0.694. The number of carboxylic acids is 1. The van der Waals surface area contributed by atoms with Gasteiger partial charge in [-0.2, -0.15) is 0 Å². The number of carboxylic acid groups (broad SMARTS) is 1. The van der Waals surface area contributed by atoms with Crippen LogP contribution in [-0.4, -0.2) is 43.3 Å². The summed E-state index contributed by atoms with van der Waals surface area (Å²) in [6, 6.07) is 14.3. The van der Waals surface area contributed by atoms with Crippen molar-refractivity contribution in [2.75, 3.05) is 27.3 Å². The van der Waals surface area contributed by atoms with E-state index in [1.165, 1.54) is 11.1 Å². The van der Waals surface area contributed by atoms with Crippen LogP contribution >= 0.6 is 0 Å². The van der Waals surface area contributed by atoms with E-state index >= 15 is 0 Å². The van der Waals surface area contributed by atoms with E-state index in [1.807, 2.05) is 18.2 Å². The molecule has 0 aromatic heterocycles. The molecule has 5 heteroatoms. The lowest BCUT2D eigenvalue weighted by molar-refractivity contribution is -0.143. The number of hydrogen-bond acceptors (Lipinski definition) is 4. The number of aliphatic carboxylic acids is 1. The molecule has 1 saturated heterocycles. The molecule has 1 unspecified atom stereocenters. The number of aryl methyl sites for hydroxylation is 1. The van der Waals surface area contributed by atoms with Gasteiger partial charge in [-0.05, 0) is 56.6 Å². The number of ether oxygens (including phenoxy) is 2. The zero-order valence-electron chi connectivity index (χ0n) is 16.1. The molecule has 0 amide bonds. The highest BCUT2D eigenvalue weighted by atomic mass is 16.5. The zero-order chi connectivity index (χ0) is 19.4. The molecule has 0 spiro atoms. The molecule has 1 N–H and O–H groups in total. The van der Waals surface area contributed by atoms with E-state index in [0.717, 1.165) is 30.2 Å². The Hall–Kier alpha value is -2.53. The first kappa shape index (κ1) is 19.2. The molecule has 1 aliphatic heterocycles. The van der Waals surface area contributed by atoms with Gasteiger partial charge in [0, 0.05) is 5.56 Å². The van der Waals surface area contributed by atoms with Crippen molar-refractivity contribution in [2.24, 2.45) is 5.92 Å². The van der Waals surface area contributed by atoms with Crippen molar-refractivity contribution in [1.82, 2.24) is 4.90 Å². The second kappa shape index (κ2) is 8.44. The molecule has 0 aliphatic carbocycles. The molecular weight excluding hydrogens is 342 g/mol. The number of piperidine rings is 1. The molecule has 27 heavy (non-hydrogen) atoms. The second-order valence-electron chi connectivity index (χ2n) is 7.07. The fourth-order valence-electron chi connectivity index (χ4n) is 3.79. The van der Waals surface area contributed by atoms with Gasteiger partial charge in [0.1, 0.15) is 11.5 Å². The Bertz CT molecular complexity index is 779. The summed E-state index contributed by atoms with van der Waals surface area (Å²) in [6.45, 7) is 3.54. The van der Waals surface area contributed by atoms with Crippen LogP contribution in [-0.2, 0) is 4.79 Å². The Balaban J connectivity index is 2.01. The summed E-state index contributed by atoms with van der Waals surface area (Å²) in [5.74, 6) is 0.637. The number of methoxy groups -OCH3 is 2. The Morgan fingerprint density at radius 2 is 1.74 bits per heavy atom. The second-order valence-corrected chi connectivity index (χ2v) is 7.07. The summed E-state index contributed by atoms with van der Waals surface area (Å²) in [5.41, 5.74) is 3.41. The quantitative estimate of drug-likeness (QED) is 0.837.